The molecule has 3 aromatic rings. The Hall–Kier alpha value is -4.24. The third-order valence-corrected chi connectivity index (χ3v) is 5.46. The van der Waals surface area contributed by atoms with Gasteiger partial charge in [0, 0.05) is 17.2 Å². The Morgan fingerprint density at radius 2 is 1.85 bits per heavy atom. The molecule has 1 atom stereocenters. The maximum absolute atomic E-state index is 12.6. The summed E-state index contributed by atoms with van der Waals surface area (Å²) in [6.45, 7) is 4.44. The number of nitriles is 1. The van der Waals surface area contributed by atoms with Gasteiger partial charge in [-0.15, -0.1) is 0 Å². The van der Waals surface area contributed by atoms with E-state index in [1.54, 1.807) is 30.3 Å². The van der Waals surface area contributed by atoms with Gasteiger partial charge in [0.1, 0.15) is 28.9 Å². The van der Waals surface area contributed by atoms with Crippen molar-refractivity contribution in [1.82, 2.24) is 0 Å². The lowest BCUT2D eigenvalue weighted by Crippen LogP contribution is -2.21. The molecule has 166 valence electrons. The number of rotatable bonds is 6. The van der Waals surface area contributed by atoms with Crippen molar-refractivity contribution in [3.05, 3.63) is 100 Å². The first-order chi connectivity index (χ1) is 16.0. The summed E-state index contributed by atoms with van der Waals surface area (Å²) in [6, 6.07) is 22.1. The molecule has 0 fully saturated rings. The highest BCUT2D eigenvalue weighted by molar-refractivity contribution is 5.92. The molecule has 3 aromatic carbocycles. The van der Waals surface area contributed by atoms with Crippen LogP contribution in [-0.4, -0.2) is 12.6 Å². The minimum absolute atomic E-state index is 0.0164. The van der Waals surface area contributed by atoms with Crippen LogP contribution in [0.2, 0.25) is 0 Å². The van der Waals surface area contributed by atoms with Gasteiger partial charge >= 0.3 is 5.97 Å². The van der Waals surface area contributed by atoms with Gasteiger partial charge in [-0.1, -0.05) is 49.4 Å². The maximum Gasteiger partial charge on any atom is 0.343 e. The van der Waals surface area contributed by atoms with Gasteiger partial charge in [-0.05, 0) is 37.1 Å². The summed E-state index contributed by atoms with van der Waals surface area (Å²) in [7, 11) is 0. The number of allylic oxidation sites excluding steroid dienone is 1. The largest absolute Gasteiger partial charge is 0.493 e. The fourth-order valence-electron chi connectivity index (χ4n) is 3.85. The number of carbonyl (C=O) groups is 1. The molecule has 0 radical (unpaired) electrons. The van der Waals surface area contributed by atoms with E-state index in [9.17, 15) is 10.1 Å². The third kappa shape index (κ3) is 4.39. The fraction of sp³-hybridized carbons (Fsp3) is 0.185. The molecule has 33 heavy (non-hydrogen) atoms. The number of para-hydroxylation sites is 1. The van der Waals surface area contributed by atoms with E-state index in [4.69, 9.17) is 19.9 Å². The van der Waals surface area contributed by atoms with Crippen LogP contribution in [0.1, 0.15) is 46.3 Å². The van der Waals surface area contributed by atoms with Crippen molar-refractivity contribution in [3.8, 4) is 23.3 Å². The van der Waals surface area contributed by atoms with Crippen molar-refractivity contribution in [1.29, 1.82) is 5.26 Å². The Morgan fingerprint density at radius 3 is 2.61 bits per heavy atom. The van der Waals surface area contributed by atoms with E-state index < -0.39 is 11.9 Å². The number of nitrogens with zero attached hydrogens (tertiary/aromatic N) is 1. The summed E-state index contributed by atoms with van der Waals surface area (Å²) < 4.78 is 17.3. The zero-order valence-electron chi connectivity index (χ0n) is 18.5. The van der Waals surface area contributed by atoms with E-state index in [0.29, 0.717) is 35.0 Å². The lowest BCUT2D eigenvalue weighted by molar-refractivity contribution is 0.0733. The molecule has 0 aromatic heterocycles. The van der Waals surface area contributed by atoms with Crippen molar-refractivity contribution in [3.63, 3.8) is 0 Å². The standard InChI is InChI=1S/C27H24N2O4/c1-3-14-31-23-11-7-6-10-20(23)25-21-13-12-18(15-24(21)33-26(29)22(25)16-28)32-27(30)19-9-5-4-8-17(19)2/h4-13,15,25H,3,14,29H2,1-2H3. The van der Waals surface area contributed by atoms with Gasteiger partial charge in [0.25, 0.3) is 0 Å². The molecule has 0 saturated carbocycles. The summed E-state index contributed by atoms with van der Waals surface area (Å²) in [4.78, 5) is 12.6. The minimum Gasteiger partial charge on any atom is -0.493 e. The molecule has 1 heterocycles. The van der Waals surface area contributed by atoms with Crippen LogP contribution in [0.25, 0.3) is 0 Å². The van der Waals surface area contributed by atoms with Gasteiger partial charge in [-0.2, -0.15) is 5.26 Å². The van der Waals surface area contributed by atoms with E-state index in [0.717, 1.165) is 23.1 Å². The zero-order chi connectivity index (χ0) is 23.4. The molecule has 0 aliphatic carbocycles. The van der Waals surface area contributed by atoms with Crippen LogP contribution in [0.15, 0.2) is 78.2 Å². The molecule has 0 spiro atoms. The molecule has 1 aliphatic rings. The number of carbonyl (C=O) groups excluding carboxylic acids is 1. The molecule has 6 nitrogen and oxygen atoms in total. The van der Waals surface area contributed by atoms with Crippen LogP contribution >= 0.6 is 0 Å². The summed E-state index contributed by atoms with van der Waals surface area (Å²) in [5.74, 6) is 0.532. The second kappa shape index (κ2) is 9.49. The molecule has 1 aliphatic heterocycles. The summed E-state index contributed by atoms with van der Waals surface area (Å²) in [6.07, 6.45) is 0.859. The van der Waals surface area contributed by atoms with Crippen molar-refractivity contribution in [2.75, 3.05) is 6.61 Å². The Bertz CT molecular complexity index is 1270. The molecule has 1 unspecified atom stereocenters. The van der Waals surface area contributed by atoms with Crippen molar-refractivity contribution in [2.45, 2.75) is 26.2 Å². The lowest BCUT2D eigenvalue weighted by atomic mass is 9.83. The van der Waals surface area contributed by atoms with Crippen LogP contribution in [0.3, 0.4) is 0 Å². The van der Waals surface area contributed by atoms with Crippen LogP contribution < -0.4 is 19.9 Å². The molecule has 0 amide bonds. The number of hydrogen-bond donors (Lipinski definition) is 1. The topological polar surface area (TPSA) is 94.6 Å². The van der Waals surface area contributed by atoms with E-state index in [2.05, 4.69) is 6.07 Å². The van der Waals surface area contributed by atoms with Crippen LogP contribution in [0, 0.1) is 18.3 Å². The monoisotopic (exact) mass is 440 g/mol. The van der Waals surface area contributed by atoms with E-state index in [-0.39, 0.29) is 5.88 Å². The van der Waals surface area contributed by atoms with Crippen molar-refractivity contribution < 1.29 is 19.0 Å². The molecular weight excluding hydrogens is 416 g/mol. The number of esters is 1. The SMILES string of the molecule is CCCOc1ccccc1C1C(C#N)=C(N)Oc2cc(OC(=O)c3ccccc3C)ccc21. The predicted octanol–water partition coefficient (Wildman–Crippen LogP) is 5.22. The molecule has 0 saturated heterocycles. The van der Waals surface area contributed by atoms with Gasteiger partial charge in [-0.3, -0.25) is 0 Å². The number of ether oxygens (including phenoxy) is 3. The number of aryl methyl sites for hydroxylation is 1. The van der Waals surface area contributed by atoms with Crippen LogP contribution in [0.4, 0.5) is 0 Å². The second-order valence-corrected chi connectivity index (χ2v) is 7.72. The summed E-state index contributed by atoms with van der Waals surface area (Å²) in [5.41, 5.74) is 9.31. The number of fused-ring (bicyclic) bond motifs is 1. The Labute approximate surface area is 192 Å². The summed E-state index contributed by atoms with van der Waals surface area (Å²) >= 11 is 0. The smallest absolute Gasteiger partial charge is 0.343 e. The Kier molecular flexibility index (Phi) is 6.32. The van der Waals surface area contributed by atoms with E-state index >= 15 is 0 Å². The van der Waals surface area contributed by atoms with Crippen LogP contribution in [0.5, 0.6) is 17.2 Å². The van der Waals surface area contributed by atoms with Crippen molar-refractivity contribution in [2.24, 2.45) is 5.73 Å². The minimum atomic E-state index is -0.465. The van der Waals surface area contributed by atoms with Crippen LogP contribution in [-0.2, 0) is 0 Å². The molecular formula is C27H24N2O4. The molecule has 0 bridgehead atoms. The normalized spacial score (nSPS) is 14.6. The highest BCUT2D eigenvalue weighted by Crippen LogP contribution is 2.45. The van der Waals surface area contributed by atoms with E-state index in [1.165, 1.54) is 0 Å². The zero-order valence-corrected chi connectivity index (χ0v) is 18.5. The van der Waals surface area contributed by atoms with Gasteiger partial charge in [0.15, 0.2) is 0 Å². The molecule has 6 heteroatoms. The average Bonchev–Trinajstić information content (AvgIpc) is 2.82. The van der Waals surface area contributed by atoms with Crippen molar-refractivity contribution >= 4 is 5.97 Å². The number of nitrogens with two attached hydrogens (primary N) is 1. The maximum atomic E-state index is 12.6. The highest BCUT2D eigenvalue weighted by Gasteiger charge is 2.33. The third-order valence-electron chi connectivity index (χ3n) is 5.46. The quantitative estimate of drug-likeness (QED) is 0.417. The summed E-state index contributed by atoms with van der Waals surface area (Å²) in [5, 5.41) is 9.83. The van der Waals surface area contributed by atoms with Gasteiger partial charge in [0.2, 0.25) is 5.88 Å². The first-order valence-electron chi connectivity index (χ1n) is 10.7. The molecule has 4 rings (SSSR count). The first kappa shape index (κ1) is 22.0. The fourth-order valence-corrected chi connectivity index (χ4v) is 3.85. The Morgan fingerprint density at radius 1 is 1.09 bits per heavy atom. The number of hydrogen-bond acceptors (Lipinski definition) is 6. The second-order valence-electron chi connectivity index (χ2n) is 7.72. The van der Waals surface area contributed by atoms with Gasteiger partial charge in [0.05, 0.1) is 18.1 Å². The molecule has 2 N–H and O–H groups in total. The predicted molar refractivity (Wildman–Crippen MR) is 124 cm³/mol. The lowest BCUT2D eigenvalue weighted by Gasteiger charge is -2.28. The van der Waals surface area contributed by atoms with Gasteiger partial charge in [-0.25, -0.2) is 4.79 Å². The van der Waals surface area contributed by atoms with E-state index in [1.807, 2.05) is 50.2 Å². The Balaban J connectivity index is 1.72. The first-order valence-corrected chi connectivity index (χ1v) is 10.7. The average molecular weight is 440 g/mol. The van der Waals surface area contributed by atoms with Gasteiger partial charge < -0.3 is 19.9 Å². The highest BCUT2D eigenvalue weighted by atomic mass is 16.5. The number of benzene rings is 3.